The highest BCUT2D eigenvalue weighted by Gasteiger charge is 1.98. The van der Waals surface area contributed by atoms with Crippen LogP contribution in [-0.4, -0.2) is 11.8 Å². The van der Waals surface area contributed by atoms with Crippen LogP contribution in [-0.2, 0) is 0 Å². The highest BCUT2D eigenvalue weighted by atomic mass is 79.9. The molecule has 1 aromatic rings. The van der Waals surface area contributed by atoms with Crippen LogP contribution < -0.4 is 5.06 Å². The second kappa shape index (κ2) is 4.28. The first-order chi connectivity index (χ1) is 5.74. The van der Waals surface area contributed by atoms with E-state index in [4.69, 9.17) is 0 Å². The number of hydrogen-bond acceptors (Lipinski definition) is 2. The zero-order chi connectivity index (χ0) is 8.97. The van der Waals surface area contributed by atoms with Crippen molar-refractivity contribution in [3.63, 3.8) is 0 Å². The van der Waals surface area contributed by atoms with Crippen LogP contribution in [0.4, 0.5) is 5.69 Å². The van der Waals surface area contributed by atoms with E-state index in [0.29, 0.717) is 6.54 Å². The first-order valence-corrected chi connectivity index (χ1v) is 4.36. The van der Waals surface area contributed by atoms with E-state index in [1.807, 2.05) is 24.3 Å². The van der Waals surface area contributed by atoms with Crippen molar-refractivity contribution >= 4 is 21.6 Å². The summed E-state index contributed by atoms with van der Waals surface area (Å²) in [6.45, 7) is 3.96. The minimum absolute atomic E-state index is 0.432. The fraction of sp³-hybridized carbons (Fsp3) is 0.111. The zero-order valence-corrected chi connectivity index (χ0v) is 8.16. The van der Waals surface area contributed by atoms with Gasteiger partial charge in [-0.1, -0.05) is 22.0 Å². The van der Waals surface area contributed by atoms with Gasteiger partial charge in [0.1, 0.15) is 0 Å². The van der Waals surface area contributed by atoms with E-state index in [1.54, 1.807) is 6.08 Å². The summed E-state index contributed by atoms with van der Waals surface area (Å²) in [6, 6.07) is 7.41. The van der Waals surface area contributed by atoms with E-state index in [9.17, 15) is 5.21 Å². The van der Waals surface area contributed by atoms with Crippen molar-refractivity contribution in [2.45, 2.75) is 0 Å². The molecule has 0 fully saturated rings. The lowest BCUT2D eigenvalue weighted by Gasteiger charge is -2.14. The maximum atomic E-state index is 9.36. The minimum Gasteiger partial charge on any atom is -0.288 e. The van der Waals surface area contributed by atoms with Gasteiger partial charge in [0, 0.05) is 4.47 Å². The standard InChI is InChI=1S/C9H10BrNO/c1-2-7-11(12)9-5-3-8(10)4-6-9/h2-6,12H,1,7H2. The van der Waals surface area contributed by atoms with Gasteiger partial charge in [-0.3, -0.25) is 10.3 Å². The van der Waals surface area contributed by atoms with Gasteiger partial charge in [0.05, 0.1) is 12.2 Å². The van der Waals surface area contributed by atoms with Crippen LogP contribution in [0.25, 0.3) is 0 Å². The highest BCUT2D eigenvalue weighted by molar-refractivity contribution is 9.10. The fourth-order valence-electron chi connectivity index (χ4n) is 0.841. The zero-order valence-electron chi connectivity index (χ0n) is 6.57. The smallest absolute Gasteiger partial charge is 0.0638 e. The van der Waals surface area contributed by atoms with Crippen molar-refractivity contribution in [2.75, 3.05) is 11.6 Å². The van der Waals surface area contributed by atoms with Crippen molar-refractivity contribution in [3.8, 4) is 0 Å². The molecule has 0 amide bonds. The maximum Gasteiger partial charge on any atom is 0.0638 e. The van der Waals surface area contributed by atoms with E-state index in [1.165, 1.54) is 0 Å². The third kappa shape index (κ3) is 2.36. The number of anilines is 1. The fourth-order valence-corrected chi connectivity index (χ4v) is 1.11. The predicted molar refractivity (Wildman–Crippen MR) is 53.5 cm³/mol. The summed E-state index contributed by atoms with van der Waals surface area (Å²) in [6.07, 6.45) is 1.64. The molecular formula is C9H10BrNO. The Kier molecular flexibility index (Phi) is 3.31. The van der Waals surface area contributed by atoms with E-state index in [-0.39, 0.29) is 0 Å². The summed E-state index contributed by atoms with van der Waals surface area (Å²) in [5, 5.41) is 10.5. The molecule has 0 aliphatic rings. The van der Waals surface area contributed by atoms with E-state index < -0.39 is 0 Å². The van der Waals surface area contributed by atoms with Gasteiger partial charge in [0.15, 0.2) is 0 Å². The number of hydrogen-bond donors (Lipinski definition) is 1. The summed E-state index contributed by atoms with van der Waals surface area (Å²) in [5.74, 6) is 0. The van der Waals surface area contributed by atoms with Gasteiger partial charge in [0.2, 0.25) is 0 Å². The van der Waals surface area contributed by atoms with Crippen LogP contribution >= 0.6 is 15.9 Å². The van der Waals surface area contributed by atoms with E-state index in [2.05, 4.69) is 22.5 Å². The molecule has 0 spiro atoms. The summed E-state index contributed by atoms with van der Waals surface area (Å²) in [4.78, 5) is 0. The van der Waals surface area contributed by atoms with E-state index >= 15 is 0 Å². The van der Waals surface area contributed by atoms with Gasteiger partial charge < -0.3 is 0 Å². The van der Waals surface area contributed by atoms with Gasteiger partial charge in [-0.25, -0.2) is 0 Å². The molecule has 0 saturated carbocycles. The molecule has 0 saturated heterocycles. The second-order valence-corrected chi connectivity index (χ2v) is 3.26. The summed E-state index contributed by atoms with van der Waals surface area (Å²) < 4.78 is 0.998. The quantitative estimate of drug-likeness (QED) is 0.635. The SMILES string of the molecule is C=CCN(O)c1ccc(Br)cc1. The Morgan fingerprint density at radius 1 is 1.42 bits per heavy atom. The minimum atomic E-state index is 0.432. The van der Waals surface area contributed by atoms with Gasteiger partial charge in [-0.2, -0.15) is 0 Å². The monoisotopic (exact) mass is 227 g/mol. The molecule has 3 heteroatoms. The molecule has 12 heavy (non-hydrogen) atoms. The topological polar surface area (TPSA) is 23.5 Å². The van der Waals surface area contributed by atoms with Crippen molar-refractivity contribution in [3.05, 3.63) is 41.4 Å². The van der Waals surface area contributed by atoms with Crippen LogP contribution in [0.1, 0.15) is 0 Å². The summed E-state index contributed by atoms with van der Waals surface area (Å²) in [7, 11) is 0. The molecule has 0 unspecified atom stereocenters. The van der Waals surface area contributed by atoms with Crippen LogP contribution in [0.3, 0.4) is 0 Å². The third-order valence-corrected chi connectivity index (χ3v) is 1.96. The van der Waals surface area contributed by atoms with Crippen molar-refractivity contribution < 1.29 is 5.21 Å². The first kappa shape index (κ1) is 9.29. The molecule has 0 radical (unpaired) electrons. The molecule has 0 bridgehead atoms. The summed E-state index contributed by atoms with van der Waals surface area (Å²) in [5.41, 5.74) is 0.762. The molecule has 0 heterocycles. The van der Waals surface area contributed by atoms with Crippen molar-refractivity contribution in [1.82, 2.24) is 0 Å². The largest absolute Gasteiger partial charge is 0.288 e. The number of rotatable bonds is 3. The third-order valence-electron chi connectivity index (χ3n) is 1.43. The van der Waals surface area contributed by atoms with Crippen molar-refractivity contribution in [2.24, 2.45) is 0 Å². The first-order valence-electron chi connectivity index (χ1n) is 3.57. The lowest BCUT2D eigenvalue weighted by Crippen LogP contribution is -2.17. The average Bonchev–Trinajstić information content (AvgIpc) is 2.06. The Labute approximate surface area is 80.2 Å². The molecule has 1 rings (SSSR count). The van der Waals surface area contributed by atoms with Crippen LogP contribution in [0, 0.1) is 0 Å². The average molecular weight is 228 g/mol. The Hall–Kier alpha value is -0.800. The van der Waals surface area contributed by atoms with Gasteiger partial charge in [0.25, 0.3) is 0 Å². The van der Waals surface area contributed by atoms with Gasteiger partial charge >= 0.3 is 0 Å². The number of halogens is 1. The number of benzene rings is 1. The van der Waals surface area contributed by atoms with Crippen LogP contribution in [0.15, 0.2) is 41.4 Å². The van der Waals surface area contributed by atoms with Gasteiger partial charge in [-0.15, -0.1) is 6.58 Å². The molecule has 0 aliphatic carbocycles. The molecule has 1 N–H and O–H groups in total. The maximum absolute atomic E-state index is 9.36. The Morgan fingerprint density at radius 3 is 2.50 bits per heavy atom. The lowest BCUT2D eigenvalue weighted by molar-refractivity contribution is 0.266. The lowest BCUT2D eigenvalue weighted by atomic mass is 10.3. The molecule has 64 valence electrons. The number of nitrogens with zero attached hydrogens (tertiary/aromatic N) is 1. The highest BCUT2D eigenvalue weighted by Crippen LogP contribution is 2.16. The van der Waals surface area contributed by atoms with E-state index in [0.717, 1.165) is 15.2 Å². The summed E-state index contributed by atoms with van der Waals surface area (Å²) >= 11 is 3.31. The van der Waals surface area contributed by atoms with Crippen LogP contribution in [0.2, 0.25) is 0 Å². The van der Waals surface area contributed by atoms with Crippen molar-refractivity contribution in [1.29, 1.82) is 0 Å². The number of hydroxylamine groups is 1. The molecule has 0 aliphatic heterocycles. The predicted octanol–water partition coefficient (Wildman–Crippen LogP) is 2.83. The molecule has 0 aromatic heterocycles. The molecule has 1 aromatic carbocycles. The molecule has 2 nitrogen and oxygen atoms in total. The van der Waals surface area contributed by atoms with Gasteiger partial charge in [-0.05, 0) is 24.3 Å². The molecular weight excluding hydrogens is 218 g/mol. The second-order valence-electron chi connectivity index (χ2n) is 2.35. The van der Waals surface area contributed by atoms with Crippen LogP contribution in [0.5, 0.6) is 0 Å². The molecule has 0 atom stereocenters. The Balaban J connectivity index is 2.74. The Bertz CT molecular complexity index is 258. The normalized spacial score (nSPS) is 9.50. The Morgan fingerprint density at radius 2 is 2.00 bits per heavy atom.